The number of benzene rings is 1. The van der Waals surface area contributed by atoms with Gasteiger partial charge < -0.3 is 20.2 Å². The first-order chi connectivity index (χ1) is 12.9. The highest BCUT2D eigenvalue weighted by Gasteiger charge is 2.53. The fourth-order valence-electron chi connectivity index (χ4n) is 4.49. The molecule has 0 saturated carbocycles. The fourth-order valence-corrected chi connectivity index (χ4v) is 4.66. The molecule has 2 heterocycles. The number of fused-ring (bicyclic) bond motifs is 1. The number of hydrogen-bond donors (Lipinski definition) is 2. The van der Waals surface area contributed by atoms with Crippen LogP contribution in [0.1, 0.15) is 35.2 Å². The highest BCUT2D eigenvalue weighted by molar-refractivity contribution is 6.31. The number of hydrogen-bond acceptors (Lipinski definition) is 4. The van der Waals surface area contributed by atoms with Gasteiger partial charge in [-0.25, -0.2) is 0 Å². The van der Waals surface area contributed by atoms with Crippen LogP contribution < -0.4 is 5.32 Å². The van der Waals surface area contributed by atoms with E-state index in [2.05, 4.69) is 10.2 Å². The van der Waals surface area contributed by atoms with Crippen molar-refractivity contribution in [3.05, 3.63) is 34.3 Å². The van der Waals surface area contributed by atoms with Crippen molar-refractivity contribution >= 4 is 23.4 Å². The van der Waals surface area contributed by atoms with Gasteiger partial charge in [0, 0.05) is 30.2 Å². The van der Waals surface area contributed by atoms with Crippen molar-refractivity contribution in [3.63, 3.8) is 0 Å². The number of carbonyl (C=O) groups is 2. The van der Waals surface area contributed by atoms with Crippen LogP contribution in [0.5, 0.6) is 0 Å². The number of rotatable bonds is 4. The van der Waals surface area contributed by atoms with Crippen LogP contribution >= 0.6 is 11.6 Å². The lowest BCUT2D eigenvalue weighted by Gasteiger charge is -2.53. The van der Waals surface area contributed by atoms with Crippen molar-refractivity contribution < 1.29 is 14.7 Å². The van der Waals surface area contributed by atoms with Crippen LogP contribution in [0.25, 0.3) is 0 Å². The minimum atomic E-state index is -0.595. The molecular formula is C20H28ClN3O3. The number of aliphatic hydroxyl groups excluding tert-OH is 1. The Morgan fingerprint density at radius 3 is 2.85 bits per heavy atom. The largest absolute Gasteiger partial charge is 0.395 e. The Labute approximate surface area is 165 Å². The van der Waals surface area contributed by atoms with Crippen molar-refractivity contribution in [1.82, 2.24) is 15.1 Å². The van der Waals surface area contributed by atoms with Gasteiger partial charge in [-0.2, -0.15) is 0 Å². The molecule has 3 rings (SSSR count). The molecule has 2 aliphatic rings. The third-order valence-corrected chi connectivity index (χ3v) is 6.48. The quantitative estimate of drug-likeness (QED) is 0.816. The first-order valence-corrected chi connectivity index (χ1v) is 9.92. The Morgan fingerprint density at radius 1 is 1.33 bits per heavy atom. The maximum absolute atomic E-state index is 13.4. The Hall–Kier alpha value is -1.63. The number of aliphatic hydroxyl groups is 1. The second kappa shape index (κ2) is 8.17. The van der Waals surface area contributed by atoms with E-state index in [4.69, 9.17) is 16.7 Å². The van der Waals surface area contributed by atoms with Crippen LogP contribution in [-0.4, -0.2) is 72.6 Å². The summed E-state index contributed by atoms with van der Waals surface area (Å²) in [6.45, 7) is 4.13. The maximum atomic E-state index is 13.4. The standard InChI is InChI=1S/C20H28ClN3O3/c1-14-15(5-3-6-16(14)21)18(26)24-10-4-7-20(19(27)22-9-12-25)8-11-23(2)13-17(20)24/h3,5-6,17,25H,4,7-13H2,1-2H3,(H,22,27)/t17-,20+/m0/s1. The van der Waals surface area contributed by atoms with E-state index in [0.29, 0.717) is 30.1 Å². The molecule has 1 aromatic rings. The van der Waals surface area contributed by atoms with Gasteiger partial charge in [-0.15, -0.1) is 0 Å². The number of nitrogens with zero attached hydrogens (tertiary/aromatic N) is 2. The lowest BCUT2D eigenvalue weighted by Crippen LogP contribution is -2.66. The molecule has 2 fully saturated rings. The van der Waals surface area contributed by atoms with Gasteiger partial charge in [0.15, 0.2) is 0 Å². The number of amides is 2. The summed E-state index contributed by atoms with van der Waals surface area (Å²) < 4.78 is 0. The summed E-state index contributed by atoms with van der Waals surface area (Å²) in [4.78, 5) is 30.5. The van der Waals surface area contributed by atoms with Crippen molar-refractivity contribution in [2.45, 2.75) is 32.2 Å². The van der Waals surface area contributed by atoms with Crippen molar-refractivity contribution in [2.24, 2.45) is 5.41 Å². The highest BCUT2D eigenvalue weighted by Crippen LogP contribution is 2.43. The van der Waals surface area contributed by atoms with Gasteiger partial charge in [-0.3, -0.25) is 9.59 Å². The third kappa shape index (κ3) is 3.71. The lowest BCUT2D eigenvalue weighted by molar-refractivity contribution is -0.142. The molecule has 6 nitrogen and oxygen atoms in total. The number of piperidine rings is 2. The number of carbonyl (C=O) groups excluding carboxylic acids is 2. The van der Waals surface area contributed by atoms with E-state index < -0.39 is 5.41 Å². The summed E-state index contributed by atoms with van der Waals surface area (Å²) >= 11 is 6.23. The lowest BCUT2D eigenvalue weighted by atomic mass is 9.67. The average Bonchev–Trinajstić information content (AvgIpc) is 2.67. The van der Waals surface area contributed by atoms with Crippen LogP contribution in [-0.2, 0) is 4.79 Å². The van der Waals surface area contributed by atoms with Crippen molar-refractivity contribution in [2.75, 3.05) is 39.8 Å². The van der Waals surface area contributed by atoms with E-state index in [1.165, 1.54) is 0 Å². The summed E-state index contributed by atoms with van der Waals surface area (Å²) in [5.74, 6) is -0.107. The summed E-state index contributed by atoms with van der Waals surface area (Å²) in [6, 6.07) is 5.19. The van der Waals surface area contributed by atoms with E-state index in [9.17, 15) is 9.59 Å². The van der Waals surface area contributed by atoms with E-state index in [-0.39, 0.29) is 31.0 Å². The molecule has 0 unspecified atom stereocenters. The summed E-state index contributed by atoms with van der Waals surface area (Å²) in [5.41, 5.74) is 0.777. The monoisotopic (exact) mass is 393 g/mol. The molecule has 2 amide bonds. The zero-order valence-corrected chi connectivity index (χ0v) is 16.8. The van der Waals surface area contributed by atoms with E-state index in [0.717, 1.165) is 24.9 Å². The molecule has 2 saturated heterocycles. The number of likely N-dealkylation sites (N-methyl/N-ethyl adjacent to an activating group) is 1. The molecule has 27 heavy (non-hydrogen) atoms. The molecule has 2 atom stereocenters. The zero-order valence-electron chi connectivity index (χ0n) is 16.0. The summed E-state index contributed by atoms with van der Waals surface area (Å²) in [7, 11) is 2.03. The van der Waals surface area contributed by atoms with Gasteiger partial charge in [-0.1, -0.05) is 17.7 Å². The maximum Gasteiger partial charge on any atom is 0.254 e. The van der Waals surface area contributed by atoms with Gasteiger partial charge in [0.05, 0.1) is 18.1 Å². The van der Waals surface area contributed by atoms with Crippen LogP contribution in [0.3, 0.4) is 0 Å². The normalized spacial score (nSPS) is 25.8. The van der Waals surface area contributed by atoms with Crippen LogP contribution in [0, 0.1) is 12.3 Å². The number of likely N-dealkylation sites (tertiary alicyclic amines) is 2. The van der Waals surface area contributed by atoms with E-state index in [1.807, 2.05) is 18.9 Å². The van der Waals surface area contributed by atoms with Gasteiger partial charge in [0.1, 0.15) is 0 Å². The molecule has 0 aromatic heterocycles. The van der Waals surface area contributed by atoms with E-state index in [1.54, 1.807) is 18.2 Å². The molecule has 0 aliphatic carbocycles. The second-order valence-corrected chi connectivity index (χ2v) is 8.09. The average molecular weight is 394 g/mol. The Morgan fingerprint density at radius 2 is 2.11 bits per heavy atom. The summed E-state index contributed by atoms with van der Waals surface area (Å²) in [6.07, 6.45) is 2.27. The van der Waals surface area contributed by atoms with Crippen molar-refractivity contribution in [3.8, 4) is 0 Å². The topological polar surface area (TPSA) is 72.9 Å². The molecule has 2 N–H and O–H groups in total. The van der Waals surface area contributed by atoms with Gasteiger partial charge in [0.2, 0.25) is 5.91 Å². The predicted molar refractivity (Wildman–Crippen MR) is 105 cm³/mol. The van der Waals surface area contributed by atoms with Gasteiger partial charge >= 0.3 is 0 Å². The smallest absolute Gasteiger partial charge is 0.254 e. The van der Waals surface area contributed by atoms with Crippen molar-refractivity contribution in [1.29, 1.82) is 0 Å². The third-order valence-electron chi connectivity index (χ3n) is 6.07. The minimum Gasteiger partial charge on any atom is -0.395 e. The fraction of sp³-hybridized carbons (Fsp3) is 0.600. The minimum absolute atomic E-state index is 0.0463. The molecule has 0 spiro atoms. The Kier molecular flexibility index (Phi) is 6.08. The molecule has 2 aliphatic heterocycles. The van der Waals surface area contributed by atoms with Gasteiger partial charge in [-0.05, 0) is 57.5 Å². The van der Waals surface area contributed by atoms with Crippen LogP contribution in [0.2, 0.25) is 5.02 Å². The second-order valence-electron chi connectivity index (χ2n) is 7.68. The predicted octanol–water partition coefficient (Wildman–Crippen LogP) is 1.68. The number of halogens is 1. The molecule has 7 heteroatoms. The Bertz CT molecular complexity index is 726. The molecule has 1 aromatic carbocycles. The van der Waals surface area contributed by atoms with Gasteiger partial charge in [0.25, 0.3) is 5.91 Å². The SMILES string of the molecule is Cc1c(Cl)cccc1C(=O)N1CCC[C@@]2(C(=O)NCCO)CCN(C)C[C@H]12. The number of nitrogens with one attached hydrogen (secondary N) is 1. The molecular weight excluding hydrogens is 366 g/mol. The highest BCUT2D eigenvalue weighted by atomic mass is 35.5. The van der Waals surface area contributed by atoms with E-state index >= 15 is 0 Å². The van der Waals surface area contributed by atoms with Crippen LogP contribution in [0.15, 0.2) is 18.2 Å². The molecule has 0 radical (unpaired) electrons. The zero-order chi connectivity index (χ0) is 19.6. The first kappa shape index (κ1) is 20.1. The molecule has 0 bridgehead atoms. The first-order valence-electron chi connectivity index (χ1n) is 9.54. The Balaban J connectivity index is 1.94. The summed E-state index contributed by atoms with van der Waals surface area (Å²) in [5, 5.41) is 12.5. The van der Waals surface area contributed by atoms with Crippen LogP contribution in [0.4, 0.5) is 0 Å². The molecule has 148 valence electrons.